The Hall–Kier alpha value is -2.87. The van der Waals surface area contributed by atoms with E-state index in [0.717, 1.165) is 37.9 Å². The number of hydrogen-bond acceptors (Lipinski definition) is 7. The van der Waals surface area contributed by atoms with E-state index in [0.29, 0.717) is 30.7 Å². The number of benzene rings is 1. The molecule has 0 bridgehead atoms. The van der Waals surface area contributed by atoms with Gasteiger partial charge in [-0.3, -0.25) is 9.69 Å². The third-order valence-electron chi connectivity index (χ3n) is 5.94. The van der Waals surface area contributed by atoms with Crippen molar-refractivity contribution in [3.63, 3.8) is 0 Å². The van der Waals surface area contributed by atoms with E-state index in [9.17, 15) is 4.79 Å². The predicted octanol–water partition coefficient (Wildman–Crippen LogP) is 2.96. The number of fused-ring (bicyclic) bond motifs is 2. The lowest BCUT2D eigenvalue weighted by Gasteiger charge is -2.33. The van der Waals surface area contributed by atoms with Crippen LogP contribution in [0.1, 0.15) is 50.3 Å². The number of ether oxygens (including phenoxy) is 1. The molecule has 0 saturated heterocycles. The number of amides is 1. The molecule has 1 amide bonds. The molecule has 0 fully saturated rings. The summed E-state index contributed by atoms with van der Waals surface area (Å²) in [7, 11) is 0. The molecule has 4 rings (SSSR count). The van der Waals surface area contributed by atoms with Crippen LogP contribution < -0.4 is 20.7 Å². The molecule has 2 aliphatic heterocycles. The van der Waals surface area contributed by atoms with Gasteiger partial charge in [-0.1, -0.05) is 31.5 Å². The van der Waals surface area contributed by atoms with Crippen molar-refractivity contribution in [1.29, 1.82) is 0 Å². The maximum atomic E-state index is 12.3. The van der Waals surface area contributed by atoms with Gasteiger partial charge in [0.25, 0.3) is 0 Å². The number of rotatable bonds is 7. The van der Waals surface area contributed by atoms with E-state index in [1.807, 2.05) is 4.90 Å². The summed E-state index contributed by atoms with van der Waals surface area (Å²) in [6.45, 7) is 9.98. The van der Waals surface area contributed by atoms with Crippen LogP contribution in [-0.4, -0.2) is 46.5 Å². The Morgan fingerprint density at radius 3 is 2.84 bits per heavy atom. The number of nitrogens with zero attached hydrogens (tertiary/aromatic N) is 4. The fraction of sp³-hybridized carbons (Fsp3) is 0.522. The number of nitrogens with one attached hydrogen (secondary N) is 1. The van der Waals surface area contributed by atoms with E-state index >= 15 is 0 Å². The monoisotopic (exact) mass is 424 g/mol. The molecule has 8 heteroatoms. The van der Waals surface area contributed by atoms with Crippen LogP contribution in [0.25, 0.3) is 0 Å². The van der Waals surface area contributed by atoms with Crippen LogP contribution in [0.4, 0.5) is 17.3 Å². The third-order valence-corrected chi connectivity index (χ3v) is 5.94. The number of carbonyl (C=O) groups excluding carboxylic acids is 1. The molecule has 0 saturated carbocycles. The van der Waals surface area contributed by atoms with Gasteiger partial charge in [0.15, 0.2) is 11.6 Å². The Morgan fingerprint density at radius 2 is 2.06 bits per heavy atom. The minimum Gasteiger partial charge on any atom is -0.463 e. The maximum absolute atomic E-state index is 12.3. The van der Waals surface area contributed by atoms with Crippen LogP contribution in [0.15, 0.2) is 18.2 Å². The summed E-state index contributed by atoms with van der Waals surface area (Å²) in [4.78, 5) is 25.5. The van der Waals surface area contributed by atoms with E-state index in [1.165, 1.54) is 11.1 Å². The Kier molecular flexibility index (Phi) is 6.27. The number of carbonyl (C=O) groups is 1. The van der Waals surface area contributed by atoms with Crippen LogP contribution in [0.5, 0.6) is 6.01 Å². The molecular weight excluding hydrogens is 392 g/mol. The van der Waals surface area contributed by atoms with Gasteiger partial charge in [0.1, 0.15) is 5.69 Å². The fourth-order valence-electron chi connectivity index (χ4n) is 4.11. The van der Waals surface area contributed by atoms with Crippen molar-refractivity contribution >= 4 is 23.2 Å². The molecule has 0 spiro atoms. The number of anilines is 3. The smallest absolute Gasteiger partial charge is 0.320 e. The summed E-state index contributed by atoms with van der Waals surface area (Å²) < 4.78 is 5.68. The maximum Gasteiger partial charge on any atom is 0.320 e. The standard InChI is InChI=1S/C23H32N6O2/c1-4-5-10-31-23-26-21(24)20-22(27-23)29(14-19(30)25-20)12-16-6-7-18-13-28(15(2)3)9-8-17(18)11-16/h6-7,11,15H,4-5,8-10,12-14H2,1-3H3,(H,25,30)(H2,24,26,27). The Morgan fingerprint density at radius 1 is 1.23 bits per heavy atom. The molecule has 2 aromatic rings. The summed E-state index contributed by atoms with van der Waals surface area (Å²) in [6.07, 6.45) is 2.99. The summed E-state index contributed by atoms with van der Waals surface area (Å²) in [6, 6.07) is 7.44. The zero-order chi connectivity index (χ0) is 22.0. The molecule has 0 aliphatic carbocycles. The Bertz CT molecular complexity index is 961. The van der Waals surface area contributed by atoms with Crippen LogP contribution in [0.3, 0.4) is 0 Å². The quantitative estimate of drug-likeness (QED) is 0.660. The van der Waals surface area contributed by atoms with E-state index in [2.05, 4.69) is 59.2 Å². The number of unbranched alkanes of at least 4 members (excludes halogenated alkanes) is 1. The van der Waals surface area contributed by atoms with Gasteiger partial charge in [-0.2, -0.15) is 9.97 Å². The molecule has 0 unspecified atom stereocenters. The molecule has 8 nitrogen and oxygen atoms in total. The minimum atomic E-state index is -0.118. The molecule has 166 valence electrons. The zero-order valence-electron chi connectivity index (χ0n) is 18.6. The number of hydrogen-bond donors (Lipinski definition) is 2. The van der Waals surface area contributed by atoms with Crippen molar-refractivity contribution in [2.24, 2.45) is 0 Å². The van der Waals surface area contributed by atoms with Gasteiger partial charge in [-0.15, -0.1) is 0 Å². The third kappa shape index (κ3) is 4.74. The first-order chi connectivity index (χ1) is 14.9. The SMILES string of the molecule is CCCCOc1nc(N)c2c(n1)N(Cc1ccc3c(c1)CCN(C(C)C)C3)CC(=O)N2. The van der Waals surface area contributed by atoms with Crippen molar-refractivity contribution in [2.75, 3.05) is 35.6 Å². The minimum absolute atomic E-state index is 0.118. The second-order valence-electron chi connectivity index (χ2n) is 8.61. The first-order valence-electron chi connectivity index (χ1n) is 11.1. The van der Waals surface area contributed by atoms with Crippen molar-refractivity contribution in [1.82, 2.24) is 14.9 Å². The van der Waals surface area contributed by atoms with E-state index in [-0.39, 0.29) is 24.3 Å². The van der Waals surface area contributed by atoms with Crippen LogP contribution in [0.2, 0.25) is 0 Å². The lowest BCUT2D eigenvalue weighted by molar-refractivity contribution is -0.115. The summed E-state index contributed by atoms with van der Waals surface area (Å²) >= 11 is 0. The fourth-order valence-corrected chi connectivity index (χ4v) is 4.11. The number of aromatic nitrogens is 2. The normalized spacial score (nSPS) is 16.1. The predicted molar refractivity (Wildman–Crippen MR) is 122 cm³/mol. The second kappa shape index (κ2) is 9.09. The van der Waals surface area contributed by atoms with E-state index in [4.69, 9.17) is 10.5 Å². The highest BCUT2D eigenvalue weighted by molar-refractivity contribution is 6.03. The highest BCUT2D eigenvalue weighted by Gasteiger charge is 2.28. The molecule has 0 atom stereocenters. The summed E-state index contributed by atoms with van der Waals surface area (Å²) in [5.41, 5.74) is 10.5. The van der Waals surface area contributed by atoms with Gasteiger partial charge in [0, 0.05) is 25.7 Å². The van der Waals surface area contributed by atoms with Gasteiger partial charge in [-0.25, -0.2) is 0 Å². The molecule has 3 heterocycles. The topological polar surface area (TPSA) is 96.6 Å². The van der Waals surface area contributed by atoms with Gasteiger partial charge in [0.05, 0.1) is 13.2 Å². The molecule has 1 aromatic carbocycles. The summed E-state index contributed by atoms with van der Waals surface area (Å²) in [5.74, 6) is 0.726. The van der Waals surface area contributed by atoms with Crippen LogP contribution in [0, 0.1) is 0 Å². The summed E-state index contributed by atoms with van der Waals surface area (Å²) in [5, 5.41) is 2.81. The number of nitrogen functional groups attached to an aromatic ring is 1. The van der Waals surface area contributed by atoms with Gasteiger partial charge in [0.2, 0.25) is 5.91 Å². The van der Waals surface area contributed by atoms with Crippen molar-refractivity contribution in [2.45, 2.75) is 59.2 Å². The lowest BCUT2D eigenvalue weighted by Crippen LogP contribution is -2.39. The number of nitrogens with two attached hydrogens (primary N) is 1. The Labute approximate surface area is 183 Å². The van der Waals surface area contributed by atoms with Crippen molar-refractivity contribution < 1.29 is 9.53 Å². The highest BCUT2D eigenvalue weighted by atomic mass is 16.5. The molecule has 31 heavy (non-hydrogen) atoms. The largest absolute Gasteiger partial charge is 0.463 e. The average Bonchev–Trinajstić information content (AvgIpc) is 2.74. The molecule has 3 N–H and O–H groups in total. The first-order valence-corrected chi connectivity index (χ1v) is 11.1. The molecule has 2 aliphatic rings. The zero-order valence-corrected chi connectivity index (χ0v) is 18.6. The second-order valence-corrected chi connectivity index (χ2v) is 8.61. The average molecular weight is 425 g/mol. The highest BCUT2D eigenvalue weighted by Crippen LogP contribution is 2.34. The van der Waals surface area contributed by atoms with Crippen molar-refractivity contribution in [3.05, 3.63) is 34.9 Å². The lowest BCUT2D eigenvalue weighted by atomic mass is 9.96. The molecule has 1 aromatic heterocycles. The van der Waals surface area contributed by atoms with Crippen LogP contribution in [-0.2, 0) is 24.3 Å². The van der Waals surface area contributed by atoms with E-state index < -0.39 is 0 Å². The van der Waals surface area contributed by atoms with Gasteiger partial charge in [-0.05, 0) is 43.4 Å². The molecular formula is C23H32N6O2. The van der Waals surface area contributed by atoms with Gasteiger partial charge >= 0.3 is 6.01 Å². The van der Waals surface area contributed by atoms with Crippen LogP contribution >= 0.6 is 0 Å². The Balaban J connectivity index is 1.56. The van der Waals surface area contributed by atoms with E-state index in [1.54, 1.807) is 0 Å². The first kappa shape index (κ1) is 21.4. The van der Waals surface area contributed by atoms with Crippen molar-refractivity contribution in [3.8, 4) is 6.01 Å². The van der Waals surface area contributed by atoms with Gasteiger partial charge < -0.3 is 20.7 Å². The molecule has 0 radical (unpaired) electrons.